The fraction of sp³-hybridized carbons (Fsp3) is 0.444. The monoisotopic (exact) mass is 181 g/mol. The average molecular weight is 181 g/mol. The lowest BCUT2D eigenvalue weighted by molar-refractivity contribution is 0.292. The van der Waals surface area contributed by atoms with Crippen molar-refractivity contribution < 1.29 is 5.11 Å². The van der Waals surface area contributed by atoms with E-state index < -0.39 is 0 Å². The molecule has 0 saturated heterocycles. The van der Waals surface area contributed by atoms with Gasteiger partial charge in [0.15, 0.2) is 0 Å². The van der Waals surface area contributed by atoms with Gasteiger partial charge in [-0.15, -0.1) is 0 Å². The Balaban J connectivity index is 2.58. The standard InChI is InChI=1S/C9H15N3O/c1-12-7-8(2-3-9(12)10)6-11-4-5-13/h2-3,7,10-11,13H,4-6H2,1H3. The number of hydrogen-bond donors (Lipinski definition) is 3. The van der Waals surface area contributed by atoms with E-state index in [4.69, 9.17) is 10.5 Å². The van der Waals surface area contributed by atoms with Gasteiger partial charge in [-0.25, -0.2) is 0 Å². The van der Waals surface area contributed by atoms with Crippen molar-refractivity contribution in [1.82, 2.24) is 9.88 Å². The minimum absolute atomic E-state index is 0.155. The van der Waals surface area contributed by atoms with Crippen LogP contribution in [0.3, 0.4) is 0 Å². The predicted molar refractivity (Wildman–Crippen MR) is 50.1 cm³/mol. The van der Waals surface area contributed by atoms with Crippen LogP contribution in [0.1, 0.15) is 5.56 Å². The highest BCUT2D eigenvalue weighted by atomic mass is 16.3. The third-order valence-corrected chi connectivity index (χ3v) is 1.81. The highest BCUT2D eigenvalue weighted by molar-refractivity contribution is 5.08. The molecule has 3 N–H and O–H groups in total. The van der Waals surface area contributed by atoms with Gasteiger partial charge in [0.1, 0.15) is 5.49 Å². The Morgan fingerprint density at radius 2 is 2.31 bits per heavy atom. The summed E-state index contributed by atoms with van der Waals surface area (Å²) >= 11 is 0. The van der Waals surface area contributed by atoms with Crippen molar-refractivity contribution in [1.29, 1.82) is 5.41 Å². The van der Waals surface area contributed by atoms with Gasteiger partial charge in [-0.2, -0.15) is 0 Å². The summed E-state index contributed by atoms with van der Waals surface area (Å²) in [5, 5.41) is 19.1. The molecule has 0 radical (unpaired) electrons. The summed E-state index contributed by atoms with van der Waals surface area (Å²) in [6.07, 6.45) is 1.91. The number of rotatable bonds is 4. The largest absolute Gasteiger partial charge is 0.395 e. The van der Waals surface area contributed by atoms with E-state index in [-0.39, 0.29) is 6.61 Å². The maximum atomic E-state index is 8.55. The van der Waals surface area contributed by atoms with Crippen molar-refractivity contribution >= 4 is 0 Å². The zero-order valence-electron chi connectivity index (χ0n) is 7.75. The quantitative estimate of drug-likeness (QED) is 0.553. The van der Waals surface area contributed by atoms with Crippen molar-refractivity contribution in [2.24, 2.45) is 7.05 Å². The first-order chi connectivity index (χ1) is 6.24. The lowest BCUT2D eigenvalue weighted by Crippen LogP contribution is -2.20. The maximum absolute atomic E-state index is 8.55. The number of aromatic nitrogens is 1. The van der Waals surface area contributed by atoms with Crippen LogP contribution in [0.2, 0.25) is 0 Å². The van der Waals surface area contributed by atoms with Crippen LogP contribution >= 0.6 is 0 Å². The van der Waals surface area contributed by atoms with Crippen LogP contribution in [0.15, 0.2) is 18.3 Å². The fourth-order valence-electron chi connectivity index (χ4n) is 1.08. The first kappa shape index (κ1) is 9.95. The summed E-state index contributed by atoms with van der Waals surface area (Å²) in [6.45, 7) is 1.49. The predicted octanol–water partition coefficient (Wildman–Crippen LogP) is -0.414. The van der Waals surface area contributed by atoms with Gasteiger partial charge in [0, 0.05) is 26.3 Å². The highest BCUT2D eigenvalue weighted by Gasteiger charge is 1.92. The molecule has 1 heterocycles. The third kappa shape index (κ3) is 3.01. The first-order valence-electron chi connectivity index (χ1n) is 4.26. The number of aliphatic hydroxyl groups is 1. The Kier molecular flexibility index (Phi) is 3.67. The molecule has 0 bridgehead atoms. The summed E-state index contributed by atoms with van der Waals surface area (Å²) in [4.78, 5) is 0. The SMILES string of the molecule is Cn1cc(CNCCO)ccc1=N. The summed E-state index contributed by atoms with van der Waals surface area (Å²) in [6, 6.07) is 3.67. The first-order valence-corrected chi connectivity index (χ1v) is 4.26. The van der Waals surface area contributed by atoms with E-state index in [0.29, 0.717) is 12.0 Å². The van der Waals surface area contributed by atoms with Gasteiger partial charge in [0.2, 0.25) is 0 Å². The lowest BCUT2D eigenvalue weighted by atomic mass is 10.3. The Morgan fingerprint density at radius 3 is 2.92 bits per heavy atom. The molecule has 0 atom stereocenters. The Morgan fingerprint density at radius 1 is 1.54 bits per heavy atom. The number of aliphatic hydroxyl groups excluding tert-OH is 1. The average Bonchev–Trinajstić information content (AvgIpc) is 2.12. The molecule has 0 unspecified atom stereocenters. The second-order valence-electron chi connectivity index (χ2n) is 2.93. The van der Waals surface area contributed by atoms with Crippen LogP contribution in [0.5, 0.6) is 0 Å². The minimum atomic E-state index is 0.155. The van der Waals surface area contributed by atoms with Crippen molar-refractivity contribution in [2.45, 2.75) is 6.54 Å². The molecule has 1 aromatic heterocycles. The number of hydrogen-bond acceptors (Lipinski definition) is 3. The summed E-state index contributed by atoms with van der Waals surface area (Å²) in [7, 11) is 1.85. The molecule has 13 heavy (non-hydrogen) atoms. The second kappa shape index (κ2) is 4.79. The van der Waals surface area contributed by atoms with Gasteiger partial charge in [-0.1, -0.05) is 6.07 Å². The van der Waals surface area contributed by atoms with Crippen LogP contribution in [0.4, 0.5) is 0 Å². The van der Waals surface area contributed by atoms with Gasteiger partial charge in [-0.3, -0.25) is 5.41 Å². The van der Waals surface area contributed by atoms with Crippen molar-refractivity contribution in [2.75, 3.05) is 13.2 Å². The van der Waals surface area contributed by atoms with E-state index in [1.165, 1.54) is 0 Å². The Labute approximate surface area is 77.4 Å². The minimum Gasteiger partial charge on any atom is -0.395 e. The molecular formula is C9H15N3O. The molecule has 72 valence electrons. The molecule has 1 aromatic rings. The van der Waals surface area contributed by atoms with Crippen molar-refractivity contribution in [3.05, 3.63) is 29.4 Å². The smallest absolute Gasteiger partial charge is 0.124 e. The maximum Gasteiger partial charge on any atom is 0.124 e. The highest BCUT2D eigenvalue weighted by Crippen LogP contribution is 1.92. The van der Waals surface area contributed by atoms with E-state index in [2.05, 4.69) is 5.32 Å². The molecule has 0 amide bonds. The Hall–Kier alpha value is -1.13. The third-order valence-electron chi connectivity index (χ3n) is 1.81. The topological polar surface area (TPSA) is 61.0 Å². The Bertz CT molecular complexity index is 319. The van der Waals surface area contributed by atoms with Crippen LogP contribution in [-0.2, 0) is 13.6 Å². The van der Waals surface area contributed by atoms with E-state index in [9.17, 15) is 0 Å². The normalized spacial score (nSPS) is 10.3. The number of pyridine rings is 1. The number of nitrogens with zero attached hydrogens (tertiary/aromatic N) is 1. The van der Waals surface area contributed by atoms with E-state index in [1.54, 1.807) is 10.6 Å². The molecule has 0 aromatic carbocycles. The molecule has 4 heteroatoms. The van der Waals surface area contributed by atoms with E-state index in [1.807, 2.05) is 19.3 Å². The second-order valence-corrected chi connectivity index (χ2v) is 2.93. The van der Waals surface area contributed by atoms with E-state index >= 15 is 0 Å². The zero-order chi connectivity index (χ0) is 9.68. The number of aryl methyl sites for hydroxylation is 1. The van der Waals surface area contributed by atoms with E-state index in [0.717, 1.165) is 12.1 Å². The molecule has 0 saturated carbocycles. The molecule has 1 rings (SSSR count). The van der Waals surface area contributed by atoms with Gasteiger partial charge < -0.3 is 15.0 Å². The molecule has 4 nitrogen and oxygen atoms in total. The molecular weight excluding hydrogens is 166 g/mol. The van der Waals surface area contributed by atoms with Gasteiger partial charge >= 0.3 is 0 Å². The molecule has 0 aliphatic heterocycles. The lowest BCUT2D eigenvalue weighted by Gasteiger charge is -2.05. The van der Waals surface area contributed by atoms with Gasteiger partial charge in [-0.05, 0) is 11.6 Å². The van der Waals surface area contributed by atoms with Crippen LogP contribution < -0.4 is 10.8 Å². The molecule has 0 aliphatic rings. The van der Waals surface area contributed by atoms with Gasteiger partial charge in [0.25, 0.3) is 0 Å². The summed E-state index contributed by atoms with van der Waals surface area (Å²) in [5.41, 5.74) is 1.61. The molecule has 0 fully saturated rings. The van der Waals surface area contributed by atoms with Gasteiger partial charge in [0.05, 0.1) is 6.61 Å². The van der Waals surface area contributed by atoms with Crippen LogP contribution in [-0.4, -0.2) is 22.8 Å². The fourth-order valence-corrected chi connectivity index (χ4v) is 1.08. The van der Waals surface area contributed by atoms with Crippen molar-refractivity contribution in [3.8, 4) is 0 Å². The molecule has 0 spiro atoms. The summed E-state index contributed by atoms with van der Waals surface area (Å²) < 4.78 is 1.76. The van der Waals surface area contributed by atoms with Crippen LogP contribution in [0, 0.1) is 5.41 Å². The zero-order valence-corrected chi connectivity index (χ0v) is 7.75. The molecule has 0 aliphatic carbocycles. The number of nitrogens with one attached hydrogen (secondary N) is 2. The summed E-state index contributed by atoms with van der Waals surface area (Å²) in [5.74, 6) is 0. The van der Waals surface area contributed by atoms with Crippen LogP contribution in [0.25, 0.3) is 0 Å². The van der Waals surface area contributed by atoms with Crippen molar-refractivity contribution in [3.63, 3.8) is 0 Å².